The molecule has 0 fully saturated rings. The van der Waals surface area contributed by atoms with E-state index in [0.29, 0.717) is 29.8 Å². The Bertz CT molecular complexity index is 887. The minimum absolute atomic E-state index is 0.101. The number of benzene rings is 1. The summed E-state index contributed by atoms with van der Waals surface area (Å²) in [6.07, 6.45) is 5.66. The number of fused-ring (bicyclic) bond motifs is 1. The number of aromatic nitrogens is 3. The van der Waals surface area contributed by atoms with Crippen molar-refractivity contribution in [1.29, 1.82) is 0 Å². The topological polar surface area (TPSA) is 73.9 Å². The van der Waals surface area contributed by atoms with Gasteiger partial charge in [-0.1, -0.05) is 0 Å². The van der Waals surface area contributed by atoms with Crippen molar-refractivity contribution in [3.05, 3.63) is 42.2 Å². The van der Waals surface area contributed by atoms with Gasteiger partial charge in [-0.2, -0.15) is 4.98 Å². The van der Waals surface area contributed by atoms with Crippen LogP contribution in [0.3, 0.4) is 0 Å². The quantitative estimate of drug-likeness (QED) is 0.592. The maximum absolute atomic E-state index is 13.0. The fourth-order valence-corrected chi connectivity index (χ4v) is 2.09. The zero-order chi connectivity index (χ0) is 16.2. The van der Waals surface area contributed by atoms with Gasteiger partial charge in [0.2, 0.25) is 11.8 Å². The second-order valence-electron chi connectivity index (χ2n) is 4.76. The normalized spacial score (nSPS) is 10.4. The molecule has 3 aromatic rings. The molecule has 114 valence electrons. The predicted molar refractivity (Wildman–Crippen MR) is 86.1 cm³/mol. The molecule has 0 bridgehead atoms. The van der Waals surface area contributed by atoms with E-state index in [0.717, 1.165) is 5.56 Å². The molecule has 0 aliphatic heterocycles. The molecule has 0 saturated heterocycles. The molecule has 0 aliphatic carbocycles. The van der Waals surface area contributed by atoms with Crippen LogP contribution in [-0.4, -0.2) is 21.6 Å². The molecule has 2 aromatic heterocycles. The molecule has 0 radical (unpaired) electrons. The minimum Gasteiger partial charge on any atom is -0.475 e. The molecule has 0 atom stereocenters. The van der Waals surface area contributed by atoms with E-state index < -0.39 is 0 Å². The van der Waals surface area contributed by atoms with Crippen molar-refractivity contribution < 1.29 is 9.13 Å². The first kappa shape index (κ1) is 14.7. The molecule has 2 N–H and O–H groups in total. The number of nitrogens with two attached hydrogens (primary N) is 1. The first-order chi connectivity index (χ1) is 11.2. The van der Waals surface area contributed by atoms with Gasteiger partial charge in [0, 0.05) is 12.0 Å². The third-order valence-corrected chi connectivity index (χ3v) is 3.15. The summed E-state index contributed by atoms with van der Waals surface area (Å²) in [7, 11) is 0. The summed E-state index contributed by atoms with van der Waals surface area (Å²) < 4.78 is 18.6. The zero-order valence-corrected chi connectivity index (χ0v) is 12.2. The van der Waals surface area contributed by atoms with E-state index in [1.807, 2.05) is 0 Å². The number of hydrogen-bond acceptors (Lipinski definition) is 5. The molecule has 0 unspecified atom stereocenters. The highest BCUT2D eigenvalue weighted by atomic mass is 19.1. The maximum Gasteiger partial charge on any atom is 0.245 e. The van der Waals surface area contributed by atoms with Gasteiger partial charge in [-0.05, 0) is 36.4 Å². The van der Waals surface area contributed by atoms with E-state index in [1.54, 1.807) is 24.3 Å². The monoisotopic (exact) mass is 308 g/mol. The van der Waals surface area contributed by atoms with Gasteiger partial charge in [0.05, 0.1) is 11.2 Å². The van der Waals surface area contributed by atoms with Crippen LogP contribution in [0, 0.1) is 18.2 Å². The summed E-state index contributed by atoms with van der Waals surface area (Å²) >= 11 is 0. The van der Waals surface area contributed by atoms with Crippen LogP contribution in [0.1, 0.15) is 6.42 Å². The molecule has 6 heteroatoms. The molecule has 2 heterocycles. The standard InChI is InChI=1S/C17H13FN4O/c1-2-3-10-23-16-15-14(21-17(19)22-16)9-8-13(20-15)11-4-6-12(18)7-5-11/h1,4-9H,3,10H2,(H2,19,21,22). The number of rotatable bonds is 4. The summed E-state index contributed by atoms with van der Waals surface area (Å²) in [5, 5.41) is 0. The lowest BCUT2D eigenvalue weighted by Gasteiger charge is -2.08. The average Bonchev–Trinajstić information content (AvgIpc) is 2.55. The van der Waals surface area contributed by atoms with Crippen LogP contribution in [0.25, 0.3) is 22.3 Å². The molecule has 0 spiro atoms. The van der Waals surface area contributed by atoms with Gasteiger partial charge in [0.1, 0.15) is 12.4 Å². The van der Waals surface area contributed by atoms with E-state index in [-0.39, 0.29) is 17.6 Å². The number of terminal acetylenes is 1. The number of nitrogen functional groups attached to an aromatic ring is 1. The molecule has 0 amide bonds. The summed E-state index contributed by atoms with van der Waals surface area (Å²) in [6.45, 7) is 0.310. The van der Waals surface area contributed by atoms with Crippen molar-refractivity contribution in [2.75, 3.05) is 12.3 Å². The number of nitrogens with zero attached hydrogens (tertiary/aromatic N) is 3. The minimum atomic E-state index is -0.302. The van der Waals surface area contributed by atoms with Crippen molar-refractivity contribution in [1.82, 2.24) is 15.0 Å². The average molecular weight is 308 g/mol. The molecule has 0 saturated carbocycles. The van der Waals surface area contributed by atoms with Gasteiger partial charge in [-0.25, -0.2) is 14.4 Å². The van der Waals surface area contributed by atoms with E-state index in [1.165, 1.54) is 12.1 Å². The van der Waals surface area contributed by atoms with Crippen molar-refractivity contribution in [2.24, 2.45) is 0 Å². The van der Waals surface area contributed by atoms with E-state index >= 15 is 0 Å². The maximum atomic E-state index is 13.0. The highest BCUT2D eigenvalue weighted by molar-refractivity contribution is 5.83. The molecular formula is C17H13FN4O. The second kappa shape index (κ2) is 6.28. The van der Waals surface area contributed by atoms with Crippen LogP contribution in [0.5, 0.6) is 5.88 Å². The zero-order valence-electron chi connectivity index (χ0n) is 12.2. The largest absolute Gasteiger partial charge is 0.475 e. The highest BCUT2D eigenvalue weighted by Gasteiger charge is 2.11. The van der Waals surface area contributed by atoms with E-state index in [9.17, 15) is 4.39 Å². The SMILES string of the molecule is C#CCCOc1nc(N)nc2ccc(-c3ccc(F)cc3)nc12. The van der Waals surface area contributed by atoms with Gasteiger partial charge in [-0.3, -0.25) is 0 Å². The fraction of sp³-hybridized carbons (Fsp3) is 0.118. The lowest BCUT2D eigenvalue weighted by molar-refractivity contribution is 0.318. The number of halogens is 1. The number of ether oxygens (including phenoxy) is 1. The van der Waals surface area contributed by atoms with Crippen LogP contribution in [0.4, 0.5) is 10.3 Å². The fourth-order valence-electron chi connectivity index (χ4n) is 2.09. The molecule has 1 aromatic carbocycles. The molecular weight excluding hydrogens is 295 g/mol. The van der Waals surface area contributed by atoms with Crippen molar-refractivity contribution in [3.63, 3.8) is 0 Å². The summed E-state index contributed by atoms with van der Waals surface area (Å²) in [6, 6.07) is 9.62. The Labute approximate surface area is 132 Å². The smallest absolute Gasteiger partial charge is 0.245 e. The molecule has 23 heavy (non-hydrogen) atoms. The van der Waals surface area contributed by atoms with Crippen molar-refractivity contribution in [2.45, 2.75) is 6.42 Å². The van der Waals surface area contributed by atoms with Crippen molar-refractivity contribution in [3.8, 4) is 29.5 Å². The Morgan fingerprint density at radius 1 is 1.09 bits per heavy atom. The summed E-state index contributed by atoms with van der Waals surface area (Å²) in [4.78, 5) is 12.7. The Morgan fingerprint density at radius 3 is 2.61 bits per heavy atom. The Kier molecular flexibility index (Phi) is 4.02. The first-order valence-corrected chi connectivity index (χ1v) is 6.94. The third-order valence-electron chi connectivity index (χ3n) is 3.15. The number of anilines is 1. The van der Waals surface area contributed by atoms with Gasteiger partial charge in [0.15, 0.2) is 5.52 Å². The Morgan fingerprint density at radius 2 is 1.87 bits per heavy atom. The Balaban J connectivity index is 2.06. The molecule has 5 nitrogen and oxygen atoms in total. The molecule has 0 aliphatic rings. The summed E-state index contributed by atoms with van der Waals surface area (Å²) in [5.74, 6) is 2.57. The van der Waals surface area contributed by atoms with Gasteiger partial charge in [0.25, 0.3) is 0 Å². The van der Waals surface area contributed by atoms with Crippen LogP contribution < -0.4 is 10.5 Å². The lowest BCUT2D eigenvalue weighted by Crippen LogP contribution is -2.04. The Hall–Kier alpha value is -3.20. The van der Waals surface area contributed by atoms with Crippen LogP contribution in [-0.2, 0) is 0 Å². The summed E-state index contributed by atoms with van der Waals surface area (Å²) in [5.41, 5.74) is 8.17. The van der Waals surface area contributed by atoms with Gasteiger partial charge in [-0.15, -0.1) is 12.3 Å². The number of pyridine rings is 1. The first-order valence-electron chi connectivity index (χ1n) is 6.94. The number of hydrogen-bond donors (Lipinski definition) is 1. The predicted octanol–water partition coefficient (Wildman–Crippen LogP) is 2.82. The second-order valence-corrected chi connectivity index (χ2v) is 4.76. The van der Waals surface area contributed by atoms with E-state index in [2.05, 4.69) is 20.9 Å². The third kappa shape index (κ3) is 3.19. The van der Waals surface area contributed by atoms with Crippen LogP contribution in [0.15, 0.2) is 36.4 Å². The highest BCUT2D eigenvalue weighted by Crippen LogP contribution is 2.26. The van der Waals surface area contributed by atoms with Crippen molar-refractivity contribution >= 4 is 17.0 Å². The van der Waals surface area contributed by atoms with Gasteiger partial charge < -0.3 is 10.5 Å². The van der Waals surface area contributed by atoms with Crippen LogP contribution >= 0.6 is 0 Å². The molecule has 3 rings (SSSR count). The van der Waals surface area contributed by atoms with Gasteiger partial charge >= 0.3 is 0 Å². The van der Waals surface area contributed by atoms with E-state index in [4.69, 9.17) is 16.9 Å². The lowest BCUT2D eigenvalue weighted by atomic mass is 10.1. The van der Waals surface area contributed by atoms with Crippen LogP contribution in [0.2, 0.25) is 0 Å².